The SMILES string of the molecule is [CH]1CC2=CCC1C2. The second kappa shape index (κ2) is 1.12. The maximum atomic E-state index is 2.44. The zero-order valence-electron chi connectivity index (χ0n) is 4.35. The average molecular weight is 93.1 g/mol. The molecule has 2 aliphatic rings. The van der Waals surface area contributed by atoms with Crippen LogP contribution in [0, 0.1) is 12.3 Å². The molecule has 1 fully saturated rings. The van der Waals surface area contributed by atoms with E-state index in [1.807, 2.05) is 0 Å². The van der Waals surface area contributed by atoms with Crippen molar-refractivity contribution in [3.8, 4) is 0 Å². The molecular weight excluding hydrogens is 84.1 g/mol. The summed E-state index contributed by atoms with van der Waals surface area (Å²) >= 11 is 0. The fourth-order valence-electron chi connectivity index (χ4n) is 1.49. The summed E-state index contributed by atoms with van der Waals surface area (Å²) in [7, 11) is 0. The Bertz CT molecular complexity index is 111. The van der Waals surface area contributed by atoms with Crippen LogP contribution in [0.1, 0.15) is 19.3 Å². The molecule has 1 unspecified atom stereocenters. The van der Waals surface area contributed by atoms with Gasteiger partial charge in [0.25, 0.3) is 0 Å². The van der Waals surface area contributed by atoms with Crippen LogP contribution in [0.15, 0.2) is 11.6 Å². The number of hydrogen-bond donors (Lipinski definition) is 0. The van der Waals surface area contributed by atoms with E-state index in [-0.39, 0.29) is 0 Å². The van der Waals surface area contributed by atoms with E-state index in [1.54, 1.807) is 5.57 Å². The first-order valence-corrected chi connectivity index (χ1v) is 2.96. The summed E-state index contributed by atoms with van der Waals surface area (Å²) in [5.41, 5.74) is 1.69. The van der Waals surface area contributed by atoms with Crippen molar-refractivity contribution >= 4 is 0 Å². The third-order valence-electron chi connectivity index (χ3n) is 1.95. The Labute approximate surface area is 44.2 Å². The quantitative estimate of drug-likeness (QED) is 0.401. The Morgan fingerprint density at radius 1 is 1.57 bits per heavy atom. The Morgan fingerprint density at radius 3 is 2.71 bits per heavy atom. The first kappa shape index (κ1) is 3.71. The lowest BCUT2D eigenvalue weighted by molar-refractivity contribution is 0.690. The van der Waals surface area contributed by atoms with Gasteiger partial charge >= 0.3 is 0 Å². The first-order valence-electron chi connectivity index (χ1n) is 2.96. The first-order chi connectivity index (χ1) is 3.45. The highest BCUT2D eigenvalue weighted by molar-refractivity contribution is 5.21. The number of rotatable bonds is 0. The van der Waals surface area contributed by atoms with Crippen LogP contribution in [0.2, 0.25) is 0 Å². The van der Waals surface area contributed by atoms with E-state index in [2.05, 4.69) is 12.5 Å². The highest BCUT2D eigenvalue weighted by Crippen LogP contribution is 2.38. The van der Waals surface area contributed by atoms with Gasteiger partial charge in [0.1, 0.15) is 0 Å². The molecule has 0 aliphatic heterocycles. The lowest BCUT2D eigenvalue weighted by Crippen LogP contribution is -1.86. The lowest BCUT2D eigenvalue weighted by atomic mass is 10.1. The molecule has 0 aromatic rings. The molecule has 0 heterocycles. The standard InChI is InChI=1S/C7H9/c1-2-7-4-3-6(1)5-7/h1,4,6H,2-3,5H2. The summed E-state index contributed by atoms with van der Waals surface area (Å²) in [6, 6.07) is 0. The summed E-state index contributed by atoms with van der Waals surface area (Å²) in [5, 5.41) is 0. The Hall–Kier alpha value is -0.260. The largest absolute Gasteiger partial charge is 0.0850 e. The molecule has 7 heavy (non-hydrogen) atoms. The minimum atomic E-state index is 0.954. The van der Waals surface area contributed by atoms with E-state index in [1.165, 1.54) is 19.3 Å². The van der Waals surface area contributed by atoms with Crippen LogP contribution in [0.5, 0.6) is 0 Å². The van der Waals surface area contributed by atoms with E-state index in [0.717, 1.165) is 5.92 Å². The van der Waals surface area contributed by atoms with Crippen LogP contribution in [0.25, 0.3) is 0 Å². The van der Waals surface area contributed by atoms with Crippen molar-refractivity contribution in [2.75, 3.05) is 0 Å². The van der Waals surface area contributed by atoms with Gasteiger partial charge < -0.3 is 0 Å². The van der Waals surface area contributed by atoms with Gasteiger partial charge in [-0.05, 0) is 31.6 Å². The summed E-state index contributed by atoms with van der Waals surface area (Å²) in [6.45, 7) is 0. The molecule has 0 amide bonds. The van der Waals surface area contributed by atoms with Crippen molar-refractivity contribution in [3.63, 3.8) is 0 Å². The zero-order chi connectivity index (χ0) is 4.69. The molecule has 1 saturated carbocycles. The van der Waals surface area contributed by atoms with E-state index in [4.69, 9.17) is 0 Å². The molecule has 2 aliphatic carbocycles. The normalized spacial score (nSPS) is 36.6. The predicted octanol–water partition coefficient (Wildman–Crippen LogP) is 1.93. The molecule has 1 radical (unpaired) electrons. The van der Waals surface area contributed by atoms with Crippen LogP contribution in [-0.2, 0) is 0 Å². The van der Waals surface area contributed by atoms with Crippen molar-refractivity contribution in [1.29, 1.82) is 0 Å². The molecule has 2 bridgehead atoms. The maximum Gasteiger partial charge on any atom is -0.0286 e. The predicted molar refractivity (Wildman–Crippen MR) is 29.7 cm³/mol. The van der Waals surface area contributed by atoms with Crippen LogP contribution in [0.3, 0.4) is 0 Å². The second-order valence-corrected chi connectivity index (χ2v) is 2.50. The summed E-state index contributed by atoms with van der Waals surface area (Å²) in [6.07, 6.45) is 8.86. The summed E-state index contributed by atoms with van der Waals surface area (Å²) < 4.78 is 0. The van der Waals surface area contributed by atoms with Gasteiger partial charge in [-0.2, -0.15) is 0 Å². The van der Waals surface area contributed by atoms with Crippen molar-refractivity contribution in [2.45, 2.75) is 19.3 Å². The smallest absolute Gasteiger partial charge is 0.0286 e. The fourth-order valence-corrected chi connectivity index (χ4v) is 1.49. The monoisotopic (exact) mass is 93.1 g/mol. The van der Waals surface area contributed by atoms with Crippen molar-refractivity contribution in [1.82, 2.24) is 0 Å². The van der Waals surface area contributed by atoms with Gasteiger partial charge in [-0.3, -0.25) is 0 Å². The molecular formula is C7H9. The topological polar surface area (TPSA) is 0 Å². The van der Waals surface area contributed by atoms with Crippen molar-refractivity contribution in [2.24, 2.45) is 5.92 Å². The van der Waals surface area contributed by atoms with E-state index in [0.29, 0.717) is 0 Å². The second-order valence-electron chi connectivity index (χ2n) is 2.50. The molecule has 0 aromatic carbocycles. The number of allylic oxidation sites excluding steroid dienone is 2. The van der Waals surface area contributed by atoms with Gasteiger partial charge in [0.05, 0.1) is 0 Å². The van der Waals surface area contributed by atoms with Crippen molar-refractivity contribution in [3.05, 3.63) is 18.1 Å². The van der Waals surface area contributed by atoms with Gasteiger partial charge in [0.15, 0.2) is 0 Å². The number of hydrogen-bond acceptors (Lipinski definition) is 0. The highest BCUT2D eigenvalue weighted by atomic mass is 14.3. The minimum Gasteiger partial charge on any atom is -0.0850 e. The number of fused-ring (bicyclic) bond motifs is 2. The van der Waals surface area contributed by atoms with Crippen LogP contribution in [-0.4, -0.2) is 0 Å². The maximum absolute atomic E-state index is 2.44. The van der Waals surface area contributed by atoms with Crippen LogP contribution >= 0.6 is 0 Å². The van der Waals surface area contributed by atoms with Gasteiger partial charge in [0, 0.05) is 0 Å². The van der Waals surface area contributed by atoms with Gasteiger partial charge in [-0.15, -0.1) is 0 Å². The average Bonchev–Trinajstić information content (AvgIpc) is 2.22. The highest BCUT2D eigenvalue weighted by Gasteiger charge is 2.23. The summed E-state index contributed by atoms with van der Waals surface area (Å²) in [4.78, 5) is 0. The van der Waals surface area contributed by atoms with Crippen LogP contribution in [0.4, 0.5) is 0 Å². The van der Waals surface area contributed by atoms with Crippen molar-refractivity contribution < 1.29 is 0 Å². The third kappa shape index (κ3) is 0.425. The minimum absolute atomic E-state index is 0.954. The fraction of sp³-hybridized carbons (Fsp3) is 0.571. The Balaban J connectivity index is 2.30. The van der Waals surface area contributed by atoms with E-state index in [9.17, 15) is 0 Å². The van der Waals surface area contributed by atoms with Gasteiger partial charge in [0.2, 0.25) is 0 Å². The van der Waals surface area contributed by atoms with Crippen LogP contribution < -0.4 is 0 Å². The zero-order valence-corrected chi connectivity index (χ0v) is 4.35. The molecule has 0 spiro atoms. The van der Waals surface area contributed by atoms with Gasteiger partial charge in [-0.25, -0.2) is 0 Å². The molecule has 2 rings (SSSR count). The Morgan fingerprint density at radius 2 is 2.57 bits per heavy atom. The molecule has 0 nitrogen and oxygen atoms in total. The molecule has 0 N–H and O–H groups in total. The third-order valence-corrected chi connectivity index (χ3v) is 1.95. The molecule has 0 saturated heterocycles. The molecule has 37 valence electrons. The molecule has 0 aromatic heterocycles. The Kier molecular flexibility index (Phi) is 0.592. The molecule has 0 heteroatoms. The van der Waals surface area contributed by atoms with E-state index < -0.39 is 0 Å². The molecule has 1 atom stereocenters. The van der Waals surface area contributed by atoms with Gasteiger partial charge in [-0.1, -0.05) is 11.6 Å². The van der Waals surface area contributed by atoms with E-state index >= 15 is 0 Å². The lowest BCUT2D eigenvalue weighted by Gasteiger charge is -1.98. The summed E-state index contributed by atoms with van der Waals surface area (Å²) in [5.74, 6) is 0.954.